The predicted octanol–water partition coefficient (Wildman–Crippen LogP) is 2.15. The highest BCUT2D eigenvalue weighted by Crippen LogP contribution is 2.27. The number of nitrogens with two attached hydrogens (primary N) is 1. The van der Waals surface area contributed by atoms with E-state index >= 15 is 0 Å². The van der Waals surface area contributed by atoms with Gasteiger partial charge in [-0.1, -0.05) is 48.5 Å². The first-order valence-electron chi connectivity index (χ1n) is 8.63. The summed E-state index contributed by atoms with van der Waals surface area (Å²) in [4.78, 5) is 19.2. The van der Waals surface area contributed by atoms with Gasteiger partial charge in [-0.15, -0.1) is 0 Å². The molecule has 0 radical (unpaired) electrons. The van der Waals surface area contributed by atoms with Crippen LogP contribution < -0.4 is 16.0 Å². The van der Waals surface area contributed by atoms with E-state index in [1.165, 1.54) is 0 Å². The summed E-state index contributed by atoms with van der Waals surface area (Å²) < 4.78 is 0. The van der Waals surface area contributed by atoms with Crippen LogP contribution in [-0.2, 0) is 4.79 Å². The summed E-state index contributed by atoms with van der Waals surface area (Å²) >= 11 is 0. The maximum atomic E-state index is 12.1. The molecule has 5 nitrogen and oxygen atoms in total. The molecule has 25 heavy (non-hydrogen) atoms. The van der Waals surface area contributed by atoms with Crippen LogP contribution in [0.4, 0.5) is 5.69 Å². The van der Waals surface area contributed by atoms with Gasteiger partial charge in [-0.05, 0) is 19.9 Å². The Kier molecular flexibility index (Phi) is 5.14. The molecule has 2 aromatic carbocycles. The molecular formula is C20H24N4O. The molecule has 2 aromatic rings. The summed E-state index contributed by atoms with van der Waals surface area (Å²) in [5.74, 6) is -0.192. The SMILES string of the molecule is CCN1CC(NC(=O)[C@H](C)N)N=C(c2ccccc2)c2ccccc21. The molecule has 0 fully saturated rings. The molecule has 1 unspecified atom stereocenters. The number of amides is 1. The summed E-state index contributed by atoms with van der Waals surface area (Å²) in [6.07, 6.45) is -0.346. The number of nitrogens with zero attached hydrogens (tertiary/aromatic N) is 2. The molecule has 1 aliphatic rings. The fraction of sp³-hybridized carbons (Fsp3) is 0.300. The zero-order chi connectivity index (χ0) is 17.8. The second-order valence-corrected chi connectivity index (χ2v) is 6.21. The molecule has 0 aliphatic carbocycles. The molecule has 5 heteroatoms. The Labute approximate surface area is 148 Å². The van der Waals surface area contributed by atoms with Crippen LogP contribution in [-0.4, -0.2) is 36.9 Å². The predicted molar refractivity (Wildman–Crippen MR) is 102 cm³/mol. The summed E-state index contributed by atoms with van der Waals surface area (Å²) in [6.45, 7) is 5.23. The second-order valence-electron chi connectivity index (χ2n) is 6.21. The number of fused-ring (bicyclic) bond motifs is 1. The lowest BCUT2D eigenvalue weighted by atomic mass is 10.0. The van der Waals surface area contributed by atoms with Gasteiger partial charge in [-0.25, -0.2) is 0 Å². The Hall–Kier alpha value is -2.66. The number of rotatable bonds is 4. The number of likely N-dealkylation sites (N-methyl/N-ethyl adjacent to an activating group) is 1. The van der Waals surface area contributed by atoms with Crippen molar-refractivity contribution >= 4 is 17.3 Å². The fourth-order valence-corrected chi connectivity index (χ4v) is 3.02. The Bertz CT molecular complexity index is 770. The summed E-state index contributed by atoms with van der Waals surface area (Å²) in [5, 5.41) is 2.96. The standard InChI is InChI=1S/C20H24N4O/c1-3-24-13-18(23-20(25)14(2)21)22-19(15-9-5-4-6-10-15)16-11-7-8-12-17(16)24/h4-12,14,18H,3,13,21H2,1-2H3,(H,23,25)/t14-,18?/m0/s1. The van der Waals surface area contributed by atoms with E-state index < -0.39 is 6.04 Å². The Morgan fingerprint density at radius 2 is 1.92 bits per heavy atom. The number of carbonyl (C=O) groups excluding carboxylic acids is 1. The normalized spacial score (nSPS) is 18.0. The van der Waals surface area contributed by atoms with Gasteiger partial charge in [0.1, 0.15) is 6.17 Å². The van der Waals surface area contributed by atoms with Crippen LogP contribution in [0.2, 0.25) is 0 Å². The number of hydrogen-bond acceptors (Lipinski definition) is 4. The summed E-state index contributed by atoms with van der Waals surface area (Å²) in [7, 11) is 0. The van der Waals surface area contributed by atoms with Gasteiger partial charge in [0.2, 0.25) is 5.91 Å². The maximum absolute atomic E-state index is 12.1. The zero-order valence-electron chi connectivity index (χ0n) is 14.6. The van der Waals surface area contributed by atoms with Crippen molar-refractivity contribution in [3.8, 4) is 0 Å². The van der Waals surface area contributed by atoms with Crippen LogP contribution in [0.3, 0.4) is 0 Å². The van der Waals surface area contributed by atoms with Crippen LogP contribution in [0.15, 0.2) is 59.6 Å². The molecule has 0 spiro atoms. The minimum Gasteiger partial charge on any atom is -0.367 e. The van der Waals surface area contributed by atoms with Gasteiger partial charge in [0, 0.05) is 23.4 Å². The first kappa shape index (κ1) is 17.2. The minimum atomic E-state index is -0.559. The Morgan fingerprint density at radius 3 is 2.60 bits per heavy atom. The lowest BCUT2D eigenvalue weighted by Gasteiger charge is -2.26. The van der Waals surface area contributed by atoms with E-state index in [4.69, 9.17) is 10.7 Å². The van der Waals surface area contributed by atoms with Crippen molar-refractivity contribution in [1.82, 2.24) is 5.32 Å². The van der Waals surface area contributed by atoms with Gasteiger partial charge < -0.3 is 16.0 Å². The topological polar surface area (TPSA) is 70.7 Å². The Morgan fingerprint density at radius 1 is 1.24 bits per heavy atom. The third-order valence-corrected chi connectivity index (χ3v) is 4.33. The number of carbonyl (C=O) groups is 1. The molecule has 0 saturated heterocycles. The lowest BCUT2D eigenvalue weighted by molar-refractivity contribution is -0.122. The van der Waals surface area contributed by atoms with Crippen LogP contribution >= 0.6 is 0 Å². The molecule has 1 amide bonds. The first-order valence-corrected chi connectivity index (χ1v) is 8.63. The van der Waals surface area contributed by atoms with Crippen molar-refractivity contribution in [2.75, 3.05) is 18.0 Å². The number of benzene rings is 2. The van der Waals surface area contributed by atoms with E-state index in [9.17, 15) is 4.79 Å². The molecule has 130 valence electrons. The lowest BCUT2D eigenvalue weighted by Crippen LogP contribution is -2.47. The maximum Gasteiger partial charge on any atom is 0.238 e. The number of aliphatic imine (C=N–C) groups is 1. The zero-order valence-corrected chi connectivity index (χ0v) is 14.6. The van der Waals surface area contributed by atoms with Gasteiger partial charge in [-0.2, -0.15) is 0 Å². The Balaban J connectivity index is 2.08. The summed E-state index contributed by atoms with van der Waals surface area (Å²) in [5.41, 5.74) is 9.85. The average molecular weight is 336 g/mol. The van der Waals surface area contributed by atoms with E-state index in [0.717, 1.165) is 29.1 Å². The van der Waals surface area contributed by atoms with E-state index in [0.29, 0.717) is 6.54 Å². The quantitative estimate of drug-likeness (QED) is 0.899. The number of benzodiazepines with no additional fused rings is 1. The molecular weight excluding hydrogens is 312 g/mol. The van der Waals surface area contributed by atoms with E-state index in [-0.39, 0.29) is 12.1 Å². The number of anilines is 1. The highest BCUT2D eigenvalue weighted by molar-refractivity contribution is 6.16. The molecule has 3 rings (SSSR count). The van der Waals surface area contributed by atoms with Crippen molar-refractivity contribution in [1.29, 1.82) is 0 Å². The van der Waals surface area contributed by atoms with Crippen molar-refractivity contribution in [2.24, 2.45) is 10.7 Å². The highest BCUT2D eigenvalue weighted by Gasteiger charge is 2.25. The molecule has 2 atom stereocenters. The van der Waals surface area contributed by atoms with Crippen molar-refractivity contribution in [3.05, 3.63) is 65.7 Å². The smallest absolute Gasteiger partial charge is 0.238 e. The van der Waals surface area contributed by atoms with E-state index in [1.807, 2.05) is 42.5 Å². The summed E-state index contributed by atoms with van der Waals surface area (Å²) in [6, 6.07) is 17.8. The number of para-hydroxylation sites is 1. The first-order chi connectivity index (χ1) is 12.1. The van der Waals surface area contributed by atoms with Crippen molar-refractivity contribution in [2.45, 2.75) is 26.1 Å². The van der Waals surface area contributed by atoms with Crippen LogP contribution in [0, 0.1) is 0 Å². The van der Waals surface area contributed by atoms with Gasteiger partial charge in [0.15, 0.2) is 0 Å². The highest BCUT2D eigenvalue weighted by atomic mass is 16.2. The molecule has 1 heterocycles. The molecule has 0 saturated carbocycles. The minimum absolute atomic E-state index is 0.192. The van der Waals surface area contributed by atoms with Crippen LogP contribution in [0.5, 0.6) is 0 Å². The molecule has 3 N–H and O–H groups in total. The third kappa shape index (κ3) is 3.72. The second kappa shape index (κ2) is 7.49. The van der Waals surface area contributed by atoms with Gasteiger partial charge >= 0.3 is 0 Å². The molecule has 1 aliphatic heterocycles. The third-order valence-electron chi connectivity index (χ3n) is 4.33. The number of nitrogens with one attached hydrogen (secondary N) is 1. The monoisotopic (exact) mass is 336 g/mol. The number of hydrogen-bond donors (Lipinski definition) is 2. The average Bonchev–Trinajstić information content (AvgIpc) is 2.79. The molecule has 0 bridgehead atoms. The van der Waals surface area contributed by atoms with Crippen molar-refractivity contribution < 1.29 is 4.79 Å². The van der Waals surface area contributed by atoms with Gasteiger partial charge in [-0.3, -0.25) is 9.79 Å². The van der Waals surface area contributed by atoms with E-state index in [1.54, 1.807) is 6.92 Å². The van der Waals surface area contributed by atoms with Gasteiger partial charge in [0.25, 0.3) is 0 Å². The largest absolute Gasteiger partial charge is 0.367 e. The van der Waals surface area contributed by atoms with Crippen LogP contribution in [0.25, 0.3) is 0 Å². The fourth-order valence-electron chi connectivity index (χ4n) is 3.02. The molecule has 0 aromatic heterocycles. The van der Waals surface area contributed by atoms with E-state index in [2.05, 4.69) is 29.3 Å². The van der Waals surface area contributed by atoms with Gasteiger partial charge in [0.05, 0.1) is 18.3 Å². The van der Waals surface area contributed by atoms with Crippen LogP contribution in [0.1, 0.15) is 25.0 Å². The van der Waals surface area contributed by atoms with Crippen molar-refractivity contribution in [3.63, 3.8) is 0 Å².